The summed E-state index contributed by atoms with van der Waals surface area (Å²) in [6, 6.07) is 8.40. The molecular weight excluding hydrogens is 547 g/mol. The first-order valence-corrected chi connectivity index (χ1v) is 13.1. The standard InChI is InChI=1S/C23H21N9S.C2HF3O2/c1-33-20-4-8-27-23(18(20)10-25)31-9-5-15(12-31)19(2-6-24)32-13-16(11-30-32)21-17-3-7-26-22(17)29-14-28-21;3-2(4,5)1(6)7/h3-4,7-8,11,13-15,19H,2,5,9,12H2,1H3,(H,26,28,29);(H,6,7)/t15-,19-;/m0./s1. The molecule has 40 heavy (non-hydrogen) atoms. The molecular formula is C25H22F3N9O2S. The van der Waals surface area contributed by atoms with Crippen molar-refractivity contribution in [3.8, 4) is 23.4 Å². The monoisotopic (exact) mass is 569 g/mol. The number of H-pyrrole nitrogens is 1. The van der Waals surface area contributed by atoms with Crippen molar-refractivity contribution >= 4 is 34.6 Å². The number of carboxylic acid groups (broad SMARTS) is 1. The second kappa shape index (κ2) is 12.0. The van der Waals surface area contributed by atoms with E-state index < -0.39 is 12.1 Å². The fourth-order valence-electron chi connectivity index (χ4n) is 4.56. The Morgan fingerprint density at radius 3 is 2.75 bits per heavy atom. The molecule has 0 bridgehead atoms. The highest BCUT2D eigenvalue weighted by atomic mass is 32.2. The number of alkyl halides is 3. The van der Waals surface area contributed by atoms with E-state index in [-0.39, 0.29) is 12.0 Å². The van der Waals surface area contributed by atoms with Crippen LogP contribution < -0.4 is 4.90 Å². The van der Waals surface area contributed by atoms with E-state index in [4.69, 9.17) is 9.90 Å². The van der Waals surface area contributed by atoms with Crippen LogP contribution >= 0.6 is 11.8 Å². The van der Waals surface area contributed by atoms with E-state index in [9.17, 15) is 23.7 Å². The molecule has 0 radical (unpaired) electrons. The van der Waals surface area contributed by atoms with Crippen LogP contribution in [-0.2, 0) is 4.79 Å². The van der Waals surface area contributed by atoms with Crippen LogP contribution in [0.5, 0.6) is 0 Å². The maximum atomic E-state index is 10.6. The first kappa shape index (κ1) is 28.4. The molecule has 2 atom stereocenters. The lowest BCUT2D eigenvalue weighted by Crippen LogP contribution is -2.26. The molecule has 5 rings (SSSR count). The molecule has 1 aliphatic rings. The second-order valence-electron chi connectivity index (χ2n) is 8.72. The molecule has 11 nitrogen and oxygen atoms in total. The van der Waals surface area contributed by atoms with Gasteiger partial charge in [-0.25, -0.2) is 19.7 Å². The number of aromatic nitrogens is 6. The number of hydrogen-bond donors (Lipinski definition) is 2. The largest absolute Gasteiger partial charge is 0.490 e. The van der Waals surface area contributed by atoms with Crippen molar-refractivity contribution in [2.75, 3.05) is 24.2 Å². The highest BCUT2D eigenvalue weighted by Crippen LogP contribution is 2.36. The number of carboxylic acids is 1. The summed E-state index contributed by atoms with van der Waals surface area (Å²) in [4.78, 5) is 28.3. The molecule has 1 saturated heterocycles. The molecule has 206 valence electrons. The molecule has 4 aromatic heterocycles. The summed E-state index contributed by atoms with van der Waals surface area (Å²) in [5.41, 5.74) is 3.10. The van der Waals surface area contributed by atoms with Gasteiger partial charge in [0.2, 0.25) is 0 Å². The molecule has 0 unspecified atom stereocenters. The van der Waals surface area contributed by atoms with Gasteiger partial charge in [0.05, 0.1) is 30.4 Å². The van der Waals surface area contributed by atoms with Gasteiger partial charge < -0.3 is 15.0 Å². The van der Waals surface area contributed by atoms with Crippen LogP contribution in [-0.4, -0.2) is 66.3 Å². The minimum Gasteiger partial charge on any atom is -0.475 e. The molecule has 0 saturated carbocycles. The maximum Gasteiger partial charge on any atom is 0.490 e. The van der Waals surface area contributed by atoms with Crippen molar-refractivity contribution in [2.24, 2.45) is 5.92 Å². The zero-order valence-corrected chi connectivity index (χ0v) is 21.8. The van der Waals surface area contributed by atoms with Crippen molar-refractivity contribution in [1.29, 1.82) is 10.5 Å². The van der Waals surface area contributed by atoms with Crippen LogP contribution in [0, 0.1) is 28.6 Å². The Bertz CT molecular complexity index is 1590. The number of aromatic amines is 1. The number of thioether (sulfide) groups is 1. The quantitative estimate of drug-likeness (QED) is 0.318. The first-order valence-electron chi connectivity index (χ1n) is 11.9. The molecule has 5 heterocycles. The van der Waals surface area contributed by atoms with E-state index in [0.717, 1.165) is 52.5 Å². The number of pyridine rings is 1. The minimum absolute atomic E-state index is 0.0772. The van der Waals surface area contributed by atoms with Gasteiger partial charge in [0.25, 0.3) is 0 Å². The summed E-state index contributed by atoms with van der Waals surface area (Å²) in [5.74, 6) is -1.83. The Kier molecular flexibility index (Phi) is 8.55. The van der Waals surface area contributed by atoms with Gasteiger partial charge in [-0.3, -0.25) is 4.68 Å². The third-order valence-electron chi connectivity index (χ3n) is 6.40. The molecule has 2 N–H and O–H groups in total. The molecule has 1 fully saturated rings. The topological polar surface area (TPSA) is 160 Å². The van der Waals surface area contributed by atoms with Gasteiger partial charge in [-0.2, -0.15) is 28.8 Å². The van der Waals surface area contributed by atoms with Gasteiger partial charge in [-0.05, 0) is 24.8 Å². The number of carbonyl (C=O) groups is 1. The van der Waals surface area contributed by atoms with Crippen molar-refractivity contribution < 1.29 is 23.1 Å². The van der Waals surface area contributed by atoms with Crippen LogP contribution in [0.2, 0.25) is 0 Å². The maximum absolute atomic E-state index is 10.6. The summed E-state index contributed by atoms with van der Waals surface area (Å²) >= 11 is 1.55. The van der Waals surface area contributed by atoms with Crippen LogP contribution in [0.15, 0.2) is 48.1 Å². The third kappa shape index (κ3) is 6.00. The average Bonchev–Trinajstić information content (AvgIpc) is 3.71. The van der Waals surface area contributed by atoms with Crippen LogP contribution in [0.4, 0.5) is 19.0 Å². The highest BCUT2D eigenvalue weighted by Gasteiger charge is 2.38. The Morgan fingerprint density at radius 2 is 2.08 bits per heavy atom. The van der Waals surface area contributed by atoms with Gasteiger partial charge in [-0.15, -0.1) is 11.8 Å². The van der Waals surface area contributed by atoms with Gasteiger partial charge in [0.15, 0.2) is 0 Å². The first-order chi connectivity index (χ1) is 19.2. The molecule has 1 aliphatic heterocycles. The highest BCUT2D eigenvalue weighted by molar-refractivity contribution is 7.98. The van der Waals surface area contributed by atoms with E-state index in [1.807, 2.05) is 35.5 Å². The van der Waals surface area contributed by atoms with Gasteiger partial charge >= 0.3 is 12.1 Å². The minimum atomic E-state index is -5.08. The number of aliphatic carboxylic acids is 1. The lowest BCUT2D eigenvalue weighted by Gasteiger charge is -2.23. The smallest absolute Gasteiger partial charge is 0.475 e. The zero-order chi connectivity index (χ0) is 28.9. The van der Waals surface area contributed by atoms with E-state index in [1.165, 1.54) is 6.33 Å². The van der Waals surface area contributed by atoms with E-state index in [1.54, 1.807) is 24.2 Å². The van der Waals surface area contributed by atoms with Crippen LogP contribution in [0.1, 0.15) is 24.4 Å². The predicted octanol–water partition coefficient (Wildman–Crippen LogP) is 4.42. The Labute approximate surface area is 230 Å². The number of anilines is 1. The van der Waals surface area contributed by atoms with Crippen LogP contribution in [0.25, 0.3) is 22.3 Å². The lowest BCUT2D eigenvalue weighted by atomic mass is 9.96. The molecule has 0 amide bonds. The Morgan fingerprint density at radius 1 is 1.30 bits per heavy atom. The number of fused-ring (bicyclic) bond motifs is 1. The summed E-state index contributed by atoms with van der Waals surface area (Å²) in [5, 5.41) is 31.9. The number of hydrogen-bond acceptors (Lipinski definition) is 9. The van der Waals surface area contributed by atoms with E-state index >= 15 is 0 Å². The normalized spacial score (nSPS) is 15.7. The SMILES string of the molecule is CSc1ccnc(N2CC[C@H]([C@H](CC#N)n3cc(-c4ncnc5[nH]ccc45)cn3)C2)c1C#N.O=C(O)C(F)(F)F. The number of rotatable bonds is 6. The average molecular weight is 570 g/mol. The fraction of sp³-hybridized carbons (Fsp3) is 0.320. The second-order valence-corrected chi connectivity index (χ2v) is 9.57. The van der Waals surface area contributed by atoms with Gasteiger partial charge in [0, 0.05) is 53.4 Å². The number of nitrogens with zero attached hydrogens (tertiary/aromatic N) is 8. The zero-order valence-electron chi connectivity index (χ0n) is 21.0. The fourth-order valence-corrected chi connectivity index (χ4v) is 5.09. The molecule has 0 spiro atoms. The molecule has 0 aliphatic carbocycles. The van der Waals surface area contributed by atoms with Crippen molar-refractivity contribution in [3.63, 3.8) is 0 Å². The summed E-state index contributed by atoms with van der Waals surface area (Å²) in [6.07, 6.45) is 7.02. The van der Waals surface area contributed by atoms with Crippen molar-refractivity contribution in [1.82, 2.24) is 29.7 Å². The van der Waals surface area contributed by atoms with E-state index in [2.05, 4.69) is 42.1 Å². The predicted molar refractivity (Wildman–Crippen MR) is 139 cm³/mol. The van der Waals surface area contributed by atoms with Gasteiger partial charge in [-0.1, -0.05) is 0 Å². The Balaban J connectivity index is 0.000000470. The van der Waals surface area contributed by atoms with E-state index in [0.29, 0.717) is 12.0 Å². The summed E-state index contributed by atoms with van der Waals surface area (Å²) < 4.78 is 33.6. The number of nitrogens with one attached hydrogen (secondary N) is 1. The summed E-state index contributed by atoms with van der Waals surface area (Å²) in [7, 11) is 0. The molecule has 4 aromatic rings. The summed E-state index contributed by atoms with van der Waals surface area (Å²) in [6.45, 7) is 1.51. The number of halogens is 3. The van der Waals surface area contributed by atoms with Gasteiger partial charge in [0.1, 0.15) is 29.4 Å². The third-order valence-corrected chi connectivity index (χ3v) is 7.18. The number of nitriles is 2. The Hall–Kier alpha value is -4.63. The van der Waals surface area contributed by atoms with Crippen molar-refractivity contribution in [3.05, 3.63) is 48.8 Å². The lowest BCUT2D eigenvalue weighted by molar-refractivity contribution is -0.192. The van der Waals surface area contributed by atoms with Crippen molar-refractivity contribution in [2.45, 2.75) is 30.0 Å². The molecule has 0 aromatic carbocycles. The molecule has 15 heteroatoms. The van der Waals surface area contributed by atoms with Crippen LogP contribution in [0.3, 0.4) is 0 Å².